The van der Waals surface area contributed by atoms with Crippen LogP contribution in [-0.2, 0) is 4.79 Å². The van der Waals surface area contributed by atoms with E-state index in [9.17, 15) is 14.3 Å². The first-order valence-electron chi connectivity index (χ1n) is 6.72. The molecule has 20 heavy (non-hydrogen) atoms. The number of phenolic OH excluding ortho intramolecular Hbond substituents is 1. The van der Waals surface area contributed by atoms with E-state index in [0.717, 1.165) is 6.07 Å². The predicted octanol–water partition coefficient (Wildman–Crippen LogP) is 2.49. The number of phenols is 1. The van der Waals surface area contributed by atoms with Crippen molar-refractivity contribution in [2.24, 2.45) is 0 Å². The van der Waals surface area contributed by atoms with E-state index in [1.54, 1.807) is 0 Å². The Morgan fingerprint density at radius 2 is 2.05 bits per heavy atom. The van der Waals surface area contributed by atoms with Crippen LogP contribution in [0.25, 0.3) is 0 Å². The van der Waals surface area contributed by atoms with Crippen molar-refractivity contribution in [3.63, 3.8) is 0 Å². The van der Waals surface area contributed by atoms with Gasteiger partial charge in [0.05, 0.1) is 0 Å². The maximum Gasteiger partial charge on any atom is 0.221 e. The lowest BCUT2D eigenvalue weighted by Crippen LogP contribution is -2.41. The maximum absolute atomic E-state index is 12.9. The van der Waals surface area contributed by atoms with E-state index < -0.39 is 5.82 Å². The van der Waals surface area contributed by atoms with E-state index >= 15 is 0 Å². The lowest BCUT2D eigenvalue weighted by atomic mass is 10.1. The van der Waals surface area contributed by atoms with E-state index in [4.69, 9.17) is 0 Å². The van der Waals surface area contributed by atoms with Crippen molar-refractivity contribution < 1.29 is 14.3 Å². The summed E-state index contributed by atoms with van der Waals surface area (Å²) in [6, 6.07) is 3.77. The van der Waals surface area contributed by atoms with Crippen LogP contribution in [0.4, 0.5) is 4.39 Å². The Bertz CT molecular complexity index is 469. The lowest BCUT2D eigenvalue weighted by molar-refractivity contribution is -0.122. The van der Waals surface area contributed by atoms with Crippen molar-refractivity contribution in [1.82, 2.24) is 10.6 Å². The number of hydrogen-bond acceptors (Lipinski definition) is 3. The summed E-state index contributed by atoms with van der Waals surface area (Å²) in [7, 11) is 0. The minimum absolute atomic E-state index is 0.0273. The third-order valence-corrected chi connectivity index (χ3v) is 2.78. The van der Waals surface area contributed by atoms with Crippen molar-refractivity contribution in [2.45, 2.75) is 45.7 Å². The quantitative estimate of drug-likeness (QED) is 0.777. The van der Waals surface area contributed by atoms with Gasteiger partial charge in [0.25, 0.3) is 0 Å². The summed E-state index contributed by atoms with van der Waals surface area (Å²) < 4.78 is 12.9. The first kappa shape index (κ1) is 16.4. The van der Waals surface area contributed by atoms with Gasteiger partial charge < -0.3 is 15.7 Å². The first-order valence-corrected chi connectivity index (χ1v) is 6.72. The van der Waals surface area contributed by atoms with Crippen LogP contribution in [0, 0.1) is 5.82 Å². The zero-order valence-electron chi connectivity index (χ0n) is 12.5. The highest BCUT2D eigenvalue weighted by Crippen LogP contribution is 2.24. The van der Waals surface area contributed by atoms with Crippen LogP contribution in [0.3, 0.4) is 0 Å². The van der Waals surface area contributed by atoms with Gasteiger partial charge in [-0.3, -0.25) is 4.79 Å². The minimum Gasteiger partial charge on any atom is -0.508 e. The number of benzene rings is 1. The summed E-state index contributed by atoms with van der Waals surface area (Å²) in [5.74, 6) is -0.576. The van der Waals surface area contributed by atoms with Crippen molar-refractivity contribution in [2.75, 3.05) is 6.54 Å². The Kier molecular flexibility index (Phi) is 5.51. The van der Waals surface area contributed by atoms with Gasteiger partial charge >= 0.3 is 0 Å². The normalized spacial score (nSPS) is 13.1. The highest BCUT2D eigenvalue weighted by atomic mass is 19.1. The monoisotopic (exact) mass is 282 g/mol. The number of carbonyl (C=O) groups excluding carboxylic acids is 1. The number of rotatable bonds is 5. The summed E-state index contributed by atoms with van der Waals surface area (Å²) >= 11 is 0. The molecule has 3 N–H and O–H groups in total. The molecule has 0 heterocycles. The summed E-state index contributed by atoms with van der Waals surface area (Å²) in [4.78, 5) is 11.6. The zero-order chi connectivity index (χ0) is 15.3. The summed E-state index contributed by atoms with van der Waals surface area (Å²) in [6.45, 7) is 8.13. The number of halogens is 1. The fourth-order valence-electron chi connectivity index (χ4n) is 1.88. The predicted molar refractivity (Wildman–Crippen MR) is 77.0 cm³/mol. The van der Waals surface area contributed by atoms with Gasteiger partial charge in [0.15, 0.2) is 0 Å². The molecule has 0 saturated heterocycles. The molecular formula is C15H23FN2O2. The Morgan fingerprint density at radius 1 is 1.40 bits per heavy atom. The molecule has 0 radical (unpaired) electrons. The molecule has 0 bridgehead atoms. The molecule has 5 heteroatoms. The van der Waals surface area contributed by atoms with Gasteiger partial charge in [-0.05, 0) is 33.8 Å². The fraction of sp³-hybridized carbons (Fsp3) is 0.533. The van der Waals surface area contributed by atoms with Gasteiger partial charge in [0, 0.05) is 36.2 Å². The standard InChI is InChI=1S/C15H23FN2O2/c1-10(12-6-5-11(16)9-13(12)19)17-8-7-14(20)18-15(2,3)4/h5-6,9-10,17,19H,7-8H2,1-4H3,(H,18,20). The number of amides is 1. The number of carbonyl (C=O) groups is 1. The molecule has 1 atom stereocenters. The van der Waals surface area contributed by atoms with Crippen molar-refractivity contribution in [3.05, 3.63) is 29.6 Å². The molecule has 0 aliphatic carbocycles. The van der Waals surface area contributed by atoms with Crippen LogP contribution >= 0.6 is 0 Å². The Balaban J connectivity index is 2.44. The number of hydrogen-bond donors (Lipinski definition) is 3. The molecule has 0 fully saturated rings. The second kappa shape index (κ2) is 6.70. The third kappa shape index (κ3) is 5.57. The average Bonchev–Trinajstić information content (AvgIpc) is 2.25. The summed E-state index contributed by atoms with van der Waals surface area (Å²) in [5.41, 5.74) is 0.375. The van der Waals surface area contributed by atoms with Crippen LogP contribution < -0.4 is 10.6 Å². The minimum atomic E-state index is -0.469. The van der Waals surface area contributed by atoms with E-state index in [1.165, 1.54) is 12.1 Å². The molecule has 0 spiro atoms. The van der Waals surface area contributed by atoms with Crippen molar-refractivity contribution >= 4 is 5.91 Å². The molecule has 112 valence electrons. The fourth-order valence-corrected chi connectivity index (χ4v) is 1.88. The van der Waals surface area contributed by atoms with Crippen LogP contribution in [0.2, 0.25) is 0 Å². The lowest BCUT2D eigenvalue weighted by Gasteiger charge is -2.21. The van der Waals surface area contributed by atoms with Crippen LogP contribution in [0.15, 0.2) is 18.2 Å². The first-order chi connectivity index (χ1) is 9.19. The van der Waals surface area contributed by atoms with Gasteiger partial charge in [0.1, 0.15) is 11.6 Å². The largest absolute Gasteiger partial charge is 0.508 e. The highest BCUT2D eigenvalue weighted by Gasteiger charge is 2.14. The topological polar surface area (TPSA) is 61.4 Å². The molecule has 1 rings (SSSR count). The van der Waals surface area contributed by atoms with Crippen molar-refractivity contribution in [3.8, 4) is 5.75 Å². The third-order valence-electron chi connectivity index (χ3n) is 2.78. The second-order valence-corrected chi connectivity index (χ2v) is 5.93. The van der Waals surface area contributed by atoms with Gasteiger partial charge in [0.2, 0.25) is 5.91 Å². The molecule has 0 saturated carbocycles. The van der Waals surface area contributed by atoms with Gasteiger partial charge in [-0.2, -0.15) is 0 Å². The van der Waals surface area contributed by atoms with E-state index in [0.29, 0.717) is 18.5 Å². The molecule has 0 aliphatic rings. The van der Waals surface area contributed by atoms with E-state index in [2.05, 4.69) is 10.6 Å². The second-order valence-electron chi connectivity index (χ2n) is 5.93. The summed E-state index contributed by atoms with van der Waals surface area (Å²) in [5, 5.41) is 15.7. The summed E-state index contributed by atoms with van der Waals surface area (Å²) in [6.07, 6.45) is 0.351. The Hall–Kier alpha value is -1.62. The Morgan fingerprint density at radius 3 is 2.60 bits per heavy atom. The zero-order valence-corrected chi connectivity index (χ0v) is 12.5. The smallest absolute Gasteiger partial charge is 0.221 e. The number of aromatic hydroxyl groups is 1. The number of nitrogens with one attached hydrogen (secondary N) is 2. The molecule has 0 aliphatic heterocycles. The molecule has 0 aromatic heterocycles. The maximum atomic E-state index is 12.9. The van der Waals surface area contributed by atoms with Gasteiger partial charge in [-0.1, -0.05) is 6.07 Å². The molecule has 1 amide bonds. The van der Waals surface area contributed by atoms with Gasteiger partial charge in [-0.15, -0.1) is 0 Å². The van der Waals surface area contributed by atoms with Crippen LogP contribution in [0.1, 0.15) is 45.7 Å². The molecule has 1 aromatic carbocycles. The molecular weight excluding hydrogens is 259 g/mol. The SMILES string of the molecule is CC(NCCC(=O)NC(C)(C)C)c1ccc(F)cc1O. The van der Waals surface area contributed by atoms with Crippen molar-refractivity contribution in [1.29, 1.82) is 0 Å². The Labute approximate surface area is 119 Å². The van der Waals surface area contributed by atoms with Gasteiger partial charge in [-0.25, -0.2) is 4.39 Å². The average molecular weight is 282 g/mol. The molecule has 1 unspecified atom stereocenters. The highest BCUT2D eigenvalue weighted by molar-refractivity contribution is 5.76. The van der Waals surface area contributed by atoms with E-state index in [-0.39, 0.29) is 23.2 Å². The van der Waals surface area contributed by atoms with E-state index in [1.807, 2.05) is 27.7 Å². The van der Waals surface area contributed by atoms with Crippen LogP contribution in [-0.4, -0.2) is 23.1 Å². The molecule has 4 nitrogen and oxygen atoms in total. The molecule has 1 aromatic rings. The van der Waals surface area contributed by atoms with Crippen LogP contribution in [0.5, 0.6) is 5.75 Å².